The van der Waals surface area contributed by atoms with Gasteiger partial charge in [-0.2, -0.15) is 0 Å². The van der Waals surface area contributed by atoms with Gasteiger partial charge in [0.2, 0.25) is 0 Å². The molecule has 3 heteroatoms. The Morgan fingerprint density at radius 2 is 1.00 bits per heavy atom. The summed E-state index contributed by atoms with van der Waals surface area (Å²) in [6, 6.07) is 0. The van der Waals surface area contributed by atoms with Gasteiger partial charge in [0, 0.05) is 0 Å². The van der Waals surface area contributed by atoms with E-state index in [4.69, 9.17) is 0 Å². The van der Waals surface area contributed by atoms with E-state index in [2.05, 4.69) is 13.8 Å². The summed E-state index contributed by atoms with van der Waals surface area (Å²) in [4.78, 5) is 18.7. The fourth-order valence-corrected chi connectivity index (χ4v) is 0. The standard InChI is InChI=1S/2C3H5O.Fe/c2*1-3(2)4;/h2*1H2,2H3;/q2*-1;+2. The van der Waals surface area contributed by atoms with E-state index >= 15 is 0 Å². The Balaban J connectivity index is -0.0000000720. The zero-order chi connectivity index (χ0) is 7.15. The van der Waals surface area contributed by atoms with Crippen molar-refractivity contribution in [3.8, 4) is 0 Å². The summed E-state index contributed by atoms with van der Waals surface area (Å²) >= 11 is 0. The van der Waals surface area contributed by atoms with Crippen molar-refractivity contribution in [2.24, 2.45) is 0 Å². The predicted molar refractivity (Wildman–Crippen MR) is 32.1 cm³/mol. The fourth-order valence-electron chi connectivity index (χ4n) is 0. The summed E-state index contributed by atoms with van der Waals surface area (Å²) < 4.78 is 0. The zero-order valence-corrected chi connectivity index (χ0v) is 6.69. The van der Waals surface area contributed by atoms with Crippen molar-refractivity contribution in [1.29, 1.82) is 0 Å². The molecule has 0 radical (unpaired) electrons. The second-order valence-electron chi connectivity index (χ2n) is 1.40. The third kappa shape index (κ3) is 1490. The molecule has 0 aromatic heterocycles. The van der Waals surface area contributed by atoms with Gasteiger partial charge in [-0.25, -0.2) is 0 Å². The van der Waals surface area contributed by atoms with E-state index in [1.165, 1.54) is 13.8 Å². The molecular formula is C6H10FeO2. The molecule has 0 aliphatic carbocycles. The summed E-state index contributed by atoms with van der Waals surface area (Å²) in [5.41, 5.74) is 0. The van der Waals surface area contributed by atoms with Gasteiger partial charge in [-0.1, -0.05) is 0 Å². The van der Waals surface area contributed by atoms with Crippen LogP contribution in [-0.4, -0.2) is 11.6 Å². The van der Waals surface area contributed by atoms with Crippen molar-refractivity contribution < 1.29 is 26.7 Å². The molecule has 0 spiro atoms. The van der Waals surface area contributed by atoms with E-state index in [9.17, 15) is 9.59 Å². The van der Waals surface area contributed by atoms with Crippen molar-refractivity contribution in [2.75, 3.05) is 0 Å². The van der Waals surface area contributed by atoms with Gasteiger partial charge < -0.3 is 23.4 Å². The quantitative estimate of drug-likeness (QED) is 0.398. The largest absolute Gasteiger partial charge is 2.00 e. The molecule has 0 aliphatic heterocycles. The molecule has 0 heterocycles. The monoisotopic (exact) mass is 170 g/mol. The molecule has 0 aromatic carbocycles. The smallest absolute Gasteiger partial charge is 0.340 e. The van der Waals surface area contributed by atoms with Gasteiger partial charge in [-0.05, 0) is 25.4 Å². The van der Waals surface area contributed by atoms with Crippen molar-refractivity contribution in [3.05, 3.63) is 13.8 Å². The average Bonchev–Trinajstić information content (AvgIpc) is 1.25. The van der Waals surface area contributed by atoms with E-state index in [1.54, 1.807) is 0 Å². The zero-order valence-electron chi connectivity index (χ0n) is 5.58. The first-order valence-corrected chi connectivity index (χ1v) is 2.12. The van der Waals surface area contributed by atoms with Crippen LogP contribution in [0.5, 0.6) is 0 Å². The number of carbonyl (C=O) groups is 2. The molecule has 0 bridgehead atoms. The van der Waals surface area contributed by atoms with Crippen LogP contribution in [0.2, 0.25) is 0 Å². The van der Waals surface area contributed by atoms with Gasteiger partial charge in [0.15, 0.2) is 0 Å². The van der Waals surface area contributed by atoms with Crippen molar-refractivity contribution in [1.82, 2.24) is 0 Å². The Labute approximate surface area is 66.5 Å². The van der Waals surface area contributed by atoms with Gasteiger partial charge in [0.05, 0.1) is 0 Å². The van der Waals surface area contributed by atoms with Crippen LogP contribution < -0.4 is 0 Å². The average molecular weight is 170 g/mol. The molecule has 0 saturated heterocycles. The van der Waals surface area contributed by atoms with Crippen LogP contribution in [0.1, 0.15) is 13.8 Å². The summed E-state index contributed by atoms with van der Waals surface area (Å²) in [7, 11) is 0. The van der Waals surface area contributed by atoms with Gasteiger partial charge in [-0.15, -0.1) is 0 Å². The van der Waals surface area contributed by atoms with Crippen LogP contribution in [0.3, 0.4) is 0 Å². The number of Topliss-reactive ketones (excluding diaryl/α,β-unsaturated/α-hetero) is 2. The van der Waals surface area contributed by atoms with Crippen molar-refractivity contribution in [3.63, 3.8) is 0 Å². The van der Waals surface area contributed by atoms with Crippen molar-refractivity contribution in [2.45, 2.75) is 13.8 Å². The molecule has 0 saturated carbocycles. The Bertz CT molecular complexity index is 69.1. The molecule has 0 N–H and O–H groups in total. The minimum absolute atomic E-state index is 0. The van der Waals surface area contributed by atoms with Crippen LogP contribution >= 0.6 is 0 Å². The third-order valence-corrected chi connectivity index (χ3v) is 0. The second-order valence-corrected chi connectivity index (χ2v) is 1.40. The number of rotatable bonds is 0. The molecule has 0 amide bonds. The molecule has 0 aliphatic rings. The van der Waals surface area contributed by atoms with E-state index in [1.807, 2.05) is 0 Å². The maximum Gasteiger partial charge on any atom is 2.00 e. The predicted octanol–water partition coefficient (Wildman–Crippen LogP) is 0.816. The van der Waals surface area contributed by atoms with Gasteiger partial charge in [0.25, 0.3) is 0 Å². The number of hydrogen-bond donors (Lipinski definition) is 0. The summed E-state index contributed by atoms with van der Waals surface area (Å²) in [5, 5.41) is 0. The fraction of sp³-hybridized carbons (Fsp3) is 0.333. The third-order valence-electron chi connectivity index (χ3n) is 0. The second kappa shape index (κ2) is 10.6. The maximum atomic E-state index is 9.33. The normalized spacial score (nSPS) is 5.56. The first-order chi connectivity index (χ1) is 3.46. The summed E-state index contributed by atoms with van der Waals surface area (Å²) in [6.07, 6.45) is 0. The summed E-state index contributed by atoms with van der Waals surface area (Å²) in [6.45, 7) is 8.83. The Morgan fingerprint density at radius 1 is 1.00 bits per heavy atom. The number of ketones is 2. The minimum atomic E-state index is -0.0833. The molecular weight excluding hydrogens is 160 g/mol. The van der Waals surface area contributed by atoms with Crippen LogP contribution in [0.25, 0.3) is 0 Å². The van der Waals surface area contributed by atoms with E-state index in [0.29, 0.717) is 0 Å². The minimum Gasteiger partial charge on any atom is -0.340 e. The molecule has 9 heavy (non-hydrogen) atoms. The van der Waals surface area contributed by atoms with E-state index < -0.39 is 0 Å². The SMILES string of the molecule is [CH2-]C(C)=O.[CH2-]C(C)=O.[Fe+2]. The molecule has 0 atom stereocenters. The Morgan fingerprint density at radius 3 is 1.00 bits per heavy atom. The topological polar surface area (TPSA) is 34.1 Å². The molecule has 0 unspecified atom stereocenters. The van der Waals surface area contributed by atoms with E-state index in [0.717, 1.165) is 0 Å². The first-order valence-electron chi connectivity index (χ1n) is 2.12. The molecule has 0 rings (SSSR count). The van der Waals surface area contributed by atoms with Gasteiger partial charge >= 0.3 is 17.1 Å². The van der Waals surface area contributed by atoms with Gasteiger partial charge in [0.1, 0.15) is 0 Å². The van der Waals surface area contributed by atoms with Crippen LogP contribution in [0.4, 0.5) is 0 Å². The first kappa shape index (κ1) is 15.8. The van der Waals surface area contributed by atoms with Crippen molar-refractivity contribution >= 4 is 11.6 Å². The Hall–Kier alpha value is -0.401. The molecule has 54 valence electrons. The number of carbonyl (C=O) groups excluding carboxylic acids is 2. The van der Waals surface area contributed by atoms with Crippen LogP contribution in [-0.2, 0) is 26.7 Å². The molecule has 0 aromatic rings. The van der Waals surface area contributed by atoms with Crippen LogP contribution in [0.15, 0.2) is 0 Å². The Kier molecular flexibility index (Phi) is 18.6. The summed E-state index contributed by atoms with van der Waals surface area (Å²) in [5.74, 6) is -0.167. The maximum absolute atomic E-state index is 9.33. The molecule has 2 nitrogen and oxygen atoms in total. The van der Waals surface area contributed by atoms with E-state index in [-0.39, 0.29) is 28.6 Å². The number of hydrogen-bond acceptors (Lipinski definition) is 2. The van der Waals surface area contributed by atoms with Crippen LogP contribution in [0, 0.1) is 13.8 Å². The molecule has 0 fully saturated rings. The van der Waals surface area contributed by atoms with Gasteiger partial charge in [-0.3, -0.25) is 0 Å².